The van der Waals surface area contributed by atoms with Crippen LogP contribution in [0.5, 0.6) is 0 Å². The predicted octanol–water partition coefficient (Wildman–Crippen LogP) is -0.123. The fraction of sp³-hybridized carbons (Fsp3) is 0.833. The van der Waals surface area contributed by atoms with Gasteiger partial charge in [0.05, 0.1) is 26.2 Å². The van der Waals surface area contributed by atoms with E-state index in [2.05, 4.69) is 0 Å². The zero-order valence-corrected chi connectivity index (χ0v) is 5.58. The smallest absolute Gasteiger partial charge is 0.305 e. The maximum absolute atomic E-state index is 9.98. The second-order valence-corrected chi connectivity index (χ2v) is 2.17. The number of carboxylic acids is 1. The first-order chi connectivity index (χ1) is 4.79. The molecule has 1 heterocycles. The Bertz CT molecular complexity index is 119. The van der Waals surface area contributed by atoms with Crippen LogP contribution in [0.3, 0.4) is 0 Å². The third-order valence-corrected chi connectivity index (χ3v) is 1.28. The van der Waals surface area contributed by atoms with Crippen LogP contribution >= 0.6 is 0 Å². The van der Waals surface area contributed by atoms with Crippen LogP contribution < -0.4 is 0 Å². The van der Waals surface area contributed by atoms with Gasteiger partial charge in [0.25, 0.3) is 0 Å². The number of ether oxygens (including phenoxy) is 2. The standard InChI is InChI=1S/C6H10O4/c7-6(8)1-2-10-5-3-9-4-5/h5H,1-4H2,(H,7,8). The monoisotopic (exact) mass is 146 g/mol. The van der Waals surface area contributed by atoms with E-state index < -0.39 is 5.97 Å². The second-order valence-electron chi connectivity index (χ2n) is 2.17. The molecule has 0 aliphatic carbocycles. The van der Waals surface area contributed by atoms with Gasteiger partial charge >= 0.3 is 5.97 Å². The largest absolute Gasteiger partial charge is 0.481 e. The number of carboxylic acid groups (broad SMARTS) is 1. The maximum Gasteiger partial charge on any atom is 0.305 e. The molecule has 1 fully saturated rings. The molecule has 4 heteroatoms. The molecule has 1 aliphatic heterocycles. The van der Waals surface area contributed by atoms with E-state index in [9.17, 15) is 4.79 Å². The van der Waals surface area contributed by atoms with Crippen molar-refractivity contribution in [3.63, 3.8) is 0 Å². The summed E-state index contributed by atoms with van der Waals surface area (Å²) in [6.45, 7) is 1.52. The van der Waals surface area contributed by atoms with Crippen molar-refractivity contribution in [2.45, 2.75) is 12.5 Å². The number of hydrogen-bond acceptors (Lipinski definition) is 3. The molecule has 4 nitrogen and oxygen atoms in total. The quantitative estimate of drug-likeness (QED) is 0.600. The highest BCUT2D eigenvalue weighted by Crippen LogP contribution is 2.04. The Morgan fingerprint density at radius 2 is 2.40 bits per heavy atom. The Hall–Kier alpha value is -0.610. The summed E-state index contributed by atoms with van der Waals surface area (Å²) in [7, 11) is 0. The maximum atomic E-state index is 9.98. The average Bonchev–Trinajstić information content (AvgIpc) is 1.75. The van der Waals surface area contributed by atoms with Gasteiger partial charge in [-0.3, -0.25) is 4.79 Å². The molecule has 0 aromatic heterocycles. The highest BCUT2D eigenvalue weighted by atomic mass is 16.6. The van der Waals surface area contributed by atoms with Gasteiger partial charge < -0.3 is 14.6 Å². The van der Waals surface area contributed by atoms with Crippen molar-refractivity contribution in [3.8, 4) is 0 Å². The minimum atomic E-state index is -0.819. The van der Waals surface area contributed by atoms with Gasteiger partial charge in [-0.05, 0) is 0 Å². The molecular formula is C6H10O4. The molecule has 0 aromatic carbocycles. The summed E-state index contributed by atoms with van der Waals surface area (Å²) < 4.78 is 9.90. The normalized spacial score (nSPS) is 18.4. The summed E-state index contributed by atoms with van der Waals surface area (Å²) >= 11 is 0. The van der Waals surface area contributed by atoms with Gasteiger partial charge in [-0.1, -0.05) is 0 Å². The fourth-order valence-electron chi connectivity index (χ4n) is 0.623. The van der Waals surface area contributed by atoms with Crippen molar-refractivity contribution in [2.75, 3.05) is 19.8 Å². The molecule has 10 heavy (non-hydrogen) atoms. The van der Waals surface area contributed by atoms with Crippen molar-refractivity contribution in [3.05, 3.63) is 0 Å². The van der Waals surface area contributed by atoms with Crippen LogP contribution in [0.1, 0.15) is 6.42 Å². The van der Waals surface area contributed by atoms with E-state index in [-0.39, 0.29) is 12.5 Å². The predicted molar refractivity (Wildman–Crippen MR) is 32.8 cm³/mol. The topological polar surface area (TPSA) is 55.8 Å². The number of rotatable bonds is 4. The second kappa shape index (κ2) is 3.53. The molecule has 1 N–H and O–H groups in total. The Labute approximate surface area is 58.7 Å². The Balaban J connectivity index is 1.89. The first kappa shape index (κ1) is 7.50. The van der Waals surface area contributed by atoms with Crippen LogP contribution in [0.25, 0.3) is 0 Å². The van der Waals surface area contributed by atoms with Crippen molar-refractivity contribution in [1.29, 1.82) is 0 Å². The van der Waals surface area contributed by atoms with Gasteiger partial charge in [-0.2, -0.15) is 0 Å². The van der Waals surface area contributed by atoms with E-state index in [1.807, 2.05) is 0 Å². The van der Waals surface area contributed by atoms with E-state index in [4.69, 9.17) is 14.6 Å². The summed E-state index contributed by atoms with van der Waals surface area (Å²) in [6, 6.07) is 0. The van der Waals surface area contributed by atoms with E-state index in [0.717, 1.165) is 0 Å². The van der Waals surface area contributed by atoms with Gasteiger partial charge in [0, 0.05) is 0 Å². The molecule has 0 bridgehead atoms. The number of aliphatic carboxylic acids is 1. The third-order valence-electron chi connectivity index (χ3n) is 1.28. The Morgan fingerprint density at radius 3 is 2.80 bits per heavy atom. The molecule has 58 valence electrons. The van der Waals surface area contributed by atoms with Crippen LogP contribution in [0.4, 0.5) is 0 Å². The molecular weight excluding hydrogens is 136 g/mol. The highest BCUT2D eigenvalue weighted by Gasteiger charge is 2.18. The van der Waals surface area contributed by atoms with E-state index in [0.29, 0.717) is 19.8 Å². The Kier molecular flexibility index (Phi) is 2.65. The third kappa shape index (κ3) is 2.33. The first-order valence-corrected chi connectivity index (χ1v) is 3.20. The molecule has 1 saturated heterocycles. The van der Waals surface area contributed by atoms with Crippen LogP contribution in [-0.2, 0) is 14.3 Å². The minimum absolute atomic E-state index is 0.0799. The van der Waals surface area contributed by atoms with E-state index in [1.165, 1.54) is 0 Å². The van der Waals surface area contributed by atoms with Gasteiger partial charge in [0.1, 0.15) is 6.10 Å². The summed E-state index contributed by atoms with van der Waals surface area (Å²) in [5.41, 5.74) is 0. The van der Waals surface area contributed by atoms with E-state index in [1.54, 1.807) is 0 Å². The lowest BCUT2D eigenvalue weighted by Crippen LogP contribution is -2.36. The molecule has 0 atom stereocenters. The van der Waals surface area contributed by atoms with Gasteiger partial charge in [0.15, 0.2) is 0 Å². The van der Waals surface area contributed by atoms with Crippen LogP contribution in [0.2, 0.25) is 0 Å². The lowest BCUT2D eigenvalue weighted by Gasteiger charge is -2.25. The molecule has 0 spiro atoms. The van der Waals surface area contributed by atoms with Gasteiger partial charge in [0.2, 0.25) is 0 Å². The summed E-state index contributed by atoms with van der Waals surface area (Å²) in [5, 5.41) is 8.21. The van der Waals surface area contributed by atoms with Crippen LogP contribution in [0, 0.1) is 0 Å². The van der Waals surface area contributed by atoms with E-state index >= 15 is 0 Å². The van der Waals surface area contributed by atoms with Crippen molar-refractivity contribution < 1.29 is 19.4 Å². The summed E-state index contributed by atoms with van der Waals surface area (Å²) in [4.78, 5) is 9.98. The summed E-state index contributed by atoms with van der Waals surface area (Å²) in [6.07, 6.45) is 0.218. The fourth-order valence-corrected chi connectivity index (χ4v) is 0.623. The molecule has 0 aromatic rings. The molecule has 0 saturated carbocycles. The zero-order chi connectivity index (χ0) is 7.40. The van der Waals surface area contributed by atoms with Gasteiger partial charge in [-0.25, -0.2) is 0 Å². The van der Waals surface area contributed by atoms with Crippen LogP contribution in [-0.4, -0.2) is 37.0 Å². The average molecular weight is 146 g/mol. The highest BCUT2D eigenvalue weighted by molar-refractivity contribution is 5.66. The van der Waals surface area contributed by atoms with Gasteiger partial charge in [-0.15, -0.1) is 0 Å². The summed E-state index contributed by atoms with van der Waals surface area (Å²) in [5.74, 6) is -0.819. The molecule has 0 amide bonds. The lowest BCUT2D eigenvalue weighted by molar-refractivity contribution is -0.147. The Morgan fingerprint density at radius 1 is 1.70 bits per heavy atom. The molecule has 1 rings (SSSR count). The first-order valence-electron chi connectivity index (χ1n) is 3.20. The number of carbonyl (C=O) groups is 1. The number of hydrogen-bond donors (Lipinski definition) is 1. The zero-order valence-electron chi connectivity index (χ0n) is 5.58. The minimum Gasteiger partial charge on any atom is -0.481 e. The molecule has 0 radical (unpaired) electrons. The molecule has 1 aliphatic rings. The van der Waals surface area contributed by atoms with Crippen molar-refractivity contribution >= 4 is 5.97 Å². The van der Waals surface area contributed by atoms with Crippen LogP contribution in [0.15, 0.2) is 0 Å². The van der Waals surface area contributed by atoms with Crippen molar-refractivity contribution in [1.82, 2.24) is 0 Å². The SMILES string of the molecule is O=C(O)CCOC1COC1. The lowest BCUT2D eigenvalue weighted by atomic mass is 10.3. The van der Waals surface area contributed by atoms with Crippen molar-refractivity contribution in [2.24, 2.45) is 0 Å². The molecule has 0 unspecified atom stereocenters.